The van der Waals surface area contributed by atoms with Gasteiger partial charge in [-0.05, 0) is 6.07 Å². The van der Waals surface area contributed by atoms with Crippen LogP contribution in [0, 0.1) is 23.3 Å². The first-order valence-electron chi connectivity index (χ1n) is 5.61. The summed E-state index contributed by atoms with van der Waals surface area (Å²) in [5, 5.41) is 0. The van der Waals surface area contributed by atoms with E-state index >= 15 is 0 Å². The van der Waals surface area contributed by atoms with Crippen LogP contribution < -0.4 is 10.5 Å². The Labute approximate surface area is 122 Å². The summed E-state index contributed by atoms with van der Waals surface area (Å²) in [6.45, 7) is -0.406. The molecule has 1 aromatic carbocycles. The SMILES string of the molecule is NC(=S)c1ncccc1COc1c(F)c(F)cc(F)c1F. The molecule has 2 rings (SSSR count). The molecule has 0 aliphatic carbocycles. The summed E-state index contributed by atoms with van der Waals surface area (Å²) in [5.74, 6) is -7.48. The molecule has 2 N–H and O–H groups in total. The van der Waals surface area contributed by atoms with Gasteiger partial charge in [-0.25, -0.2) is 8.78 Å². The molecule has 110 valence electrons. The fraction of sp³-hybridized carbons (Fsp3) is 0.0769. The lowest BCUT2D eigenvalue weighted by Crippen LogP contribution is -2.16. The summed E-state index contributed by atoms with van der Waals surface area (Å²) >= 11 is 4.77. The quantitative estimate of drug-likeness (QED) is 0.535. The first-order chi connectivity index (χ1) is 9.91. The smallest absolute Gasteiger partial charge is 0.203 e. The van der Waals surface area contributed by atoms with Crippen LogP contribution in [0.25, 0.3) is 0 Å². The maximum atomic E-state index is 13.4. The van der Waals surface area contributed by atoms with Crippen LogP contribution in [0.5, 0.6) is 5.75 Å². The summed E-state index contributed by atoms with van der Waals surface area (Å²) in [6.07, 6.45) is 1.42. The average Bonchev–Trinajstić information content (AvgIpc) is 2.45. The van der Waals surface area contributed by atoms with E-state index in [9.17, 15) is 17.6 Å². The Balaban J connectivity index is 2.31. The number of benzene rings is 1. The van der Waals surface area contributed by atoms with E-state index in [4.69, 9.17) is 22.7 Å². The van der Waals surface area contributed by atoms with Crippen molar-refractivity contribution in [3.8, 4) is 5.75 Å². The fourth-order valence-electron chi connectivity index (χ4n) is 1.60. The topological polar surface area (TPSA) is 48.1 Å². The van der Waals surface area contributed by atoms with Crippen molar-refractivity contribution in [3.63, 3.8) is 0 Å². The largest absolute Gasteiger partial charge is 0.483 e. The van der Waals surface area contributed by atoms with Gasteiger partial charge in [0.1, 0.15) is 17.3 Å². The highest BCUT2D eigenvalue weighted by Crippen LogP contribution is 2.27. The predicted molar refractivity (Wildman–Crippen MR) is 70.7 cm³/mol. The van der Waals surface area contributed by atoms with Crippen molar-refractivity contribution in [1.82, 2.24) is 4.98 Å². The van der Waals surface area contributed by atoms with Crippen LogP contribution in [0.3, 0.4) is 0 Å². The van der Waals surface area contributed by atoms with E-state index in [-0.39, 0.29) is 16.7 Å². The first kappa shape index (κ1) is 15.2. The zero-order valence-electron chi connectivity index (χ0n) is 10.4. The Hall–Kier alpha value is -2.22. The number of rotatable bonds is 4. The molecular formula is C13H8F4N2OS. The molecule has 1 heterocycles. The number of halogens is 4. The zero-order chi connectivity index (χ0) is 15.6. The predicted octanol–water partition coefficient (Wildman–Crippen LogP) is 2.85. The third-order valence-electron chi connectivity index (χ3n) is 2.57. The molecule has 0 atom stereocenters. The molecule has 0 aliphatic heterocycles. The highest BCUT2D eigenvalue weighted by molar-refractivity contribution is 7.80. The maximum Gasteiger partial charge on any atom is 0.203 e. The first-order valence-corrected chi connectivity index (χ1v) is 6.02. The Morgan fingerprint density at radius 1 is 1.19 bits per heavy atom. The van der Waals surface area contributed by atoms with Gasteiger partial charge < -0.3 is 10.5 Å². The Bertz CT molecular complexity index is 683. The summed E-state index contributed by atoms with van der Waals surface area (Å²) < 4.78 is 57.8. The molecule has 0 aliphatic rings. The molecule has 8 heteroatoms. The normalized spacial score (nSPS) is 10.5. The molecule has 0 saturated heterocycles. The van der Waals surface area contributed by atoms with Gasteiger partial charge in [0.25, 0.3) is 0 Å². The molecule has 0 spiro atoms. The van der Waals surface area contributed by atoms with Crippen molar-refractivity contribution < 1.29 is 22.3 Å². The molecule has 3 nitrogen and oxygen atoms in total. The van der Waals surface area contributed by atoms with Gasteiger partial charge in [-0.3, -0.25) is 4.98 Å². The van der Waals surface area contributed by atoms with Crippen LogP contribution in [-0.2, 0) is 6.61 Å². The molecule has 2 aromatic rings. The summed E-state index contributed by atoms with van der Waals surface area (Å²) in [7, 11) is 0. The molecule has 0 saturated carbocycles. The number of pyridine rings is 1. The standard InChI is InChI=1S/C13H8F4N2OS/c14-7-4-8(15)10(17)12(9(7)16)20-5-6-2-1-3-19-11(6)13(18)21/h1-4H,5H2,(H2,18,21). The van der Waals surface area contributed by atoms with Crippen molar-refractivity contribution in [2.75, 3.05) is 0 Å². The number of nitrogens with zero attached hydrogens (tertiary/aromatic N) is 1. The lowest BCUT2D eigenvalue weighted by molar-refractivity contribution is 0.261. The van der Waals surface area contributed by atoms with Gasteiger partial charge in [-0.1, -0.05) is 18.3 Å². The molecular weight excluding hydrogens is 308 g/mol. The molecule has 0 bridgehead atoms. The molecule has 0 radical (unpaired) electrons. The summed E-state index contributed by atoms with van der Waals surface area (Å²) in [6, 6.07) is 3.13. The second-order valence-electron chi connectivity index (χ2n) is 3.96. The van der Waals surface area contributed by atoms with Crippen LogP contribution in [0.4, 0.5) is 17.6 Å². The Morgan fingerprint density at radius 3 is 2.38 bits per heavy atom. The maximum absolute atomic E-state index is 13.4. The third kappa shape index (κ3) is 3.10. The van der Waals surface area contributed by atoms with E-state index < -0.39 is 35.6 Å². The molecule has 0 fully saturated rings. The van der Waals surface area contributed by atoms with Crippen LogP contribution in [-0.4, -0.2) is 9.97 Å². The minimum atomic E-state index is -1.62. The van der Waals surface area contributed by atoms with Crippen LogP contribution in [0.1, 0.15) is 11.3 Å². The van der Waals surface area contributed by atoms with Gasteiger partial charge in [0, 0.05) is 17.8 Å². The molecule has 21 heavy (non-hydrogen) atoms. The second-order valence-corrected chi connectivity index (χ2v) is 4.40. The number of hydrogen-bond donors (Lipinski definition) is 1. The average molecular weight is 316 g/mol. The molecule has 1 aromatic heterocycles. The highest BCUT2D eigenvalue weighted by Gasteiger charge is 2.21. The van der Waals surface area contributed by atoms with Crippen LogP contribution >= 0.6 is 12.2 Å². The fourth-order valence-corrected chi connectivity index (χ4v) is 1.79. The van der Waals surface area contributed by atoms with E-state index in [1.165, 1.54) is 18.3 Å². The van der Waals surface area contributed by atoms with Crippen molar-refractivity contribution in [1.29, 1.82) is 0 Å². The lowest BCUT2D eigenvalue weighted by Gasteiger charge is -2.11. The Morgan fingerprint density at radius 2 is 1.81 bits per heavy atom. The van der Waals surface area contributed by atoms with E-state index in [1.54, 1.807) is 0 Å². The number of ether oxygens (including phenoxy) is 1. The van der Waals surface area contributed by atoms with E-state index in [1.807, 2.05) is 0 Å². The van der Waals surface area contributed by atoms with Crippen molar-refractivity contribution in [2.45, 2.75) is 6.61 Å². The Kier molecular flexibility index (Phi) is 4.37. The second kappa shape index (κ2) is 6.04. The number of thiocarbonyl (C=S) groups is 1. The van der Waals surface area contributed by atoms with Gasteiger partial charge >= 0.3 is 0 Å². The van der Waals surface area contributed by atoms with E-state index in [0.717, 1.165) is 0 Å². The van der Waals surface area contributed by atoms with Gasteiger partial charge in [0.15, 0.2) is 17.4 Å². The third-order valence-corrected chi connectivity index (χ3v) is 2.76. The van der Waals surface area contributed by atoms with Crippen molar-refractivity contribution in [3.05, 3.63) is 58.9 Å². The van der Waals surface area contributed by atoms with Crippen LogP contribution in [0.15, 0.2) is 24.4 Å². The van der Waals surface area contributed by atoms with Crippen molar-refractivity contribution in [2.24, 2.45) is 5.73 Å². The van der Waals surface area contributed by atoms with Crippen LogP contribution in [0.2, 0.25) is 0 Å². The number of aromatic nitrogens is 1. The highest BCUT2D eigenvalue weighted by atomic mass is 32.1. The van der Waals surface area contributed by atoms with Gasteiger partial charge in [0.2, 0.25) is 11.6 Å². The minimum Gasteiger partial charge on any atom is -0.483 e. The summed E-state index contributed by atoms with van der Waals surface area (Å²) in [5.41, 5.74) is 5.96. The lowest BCUT2D eigenvalue weighted by atomic mass is 10.2. The van der Waals surface area contributed by atoms with Gasteiger partial charge in [-0.15, -0.1) is 0 Å². The molecule has 0 amide bonds. The van der Waals surface area contributed by atoms with E-state index in [2.05, 4.69) is 4.98 Å². The van der Waals surface area contributed by atoms with Crippen molar-refractivity contribution >= 4 is 17.2 Å². The van der Waals surface area contributed by atoms with Gasteiger partial charge in [0.05, 0.1) is 0 Å². The molecule has 0 unspecified atom stereocenters. The minimum absolute atomic E-state index is 0.0411. The van der Waals surface area contributed by atoms with E-state index in [0.29, 0.717) is 5.56 Å². The number of nitrogens with two attached hydrogens (primary N) is 1. The van der Waals surface area contributed by atoms with Gasteiger partial charge in [-0.2, -0.15) is 8.78 Å². The number of hydrogen-bond acceptors (Lipinski definition) is 3. The monoisotopic (exact) mass is 316 g/mol. The summed E-state index contributed by atoms with van der Waals surface area (Å²) in [4.78, 5) is 3.85. The zero-order valence-corrected chi connectivity index (χ0v) is 11.2.